The Morgan fingerprint density at radius 2 is 1.79 bits per heavy atom. The first-order chi connectivity index (χ1) is 15.6. The number of carbonyl (C=O) groups excluding carboxylic acids is 1. The van der Waals surface area contributed by atoms with E-state index in [9.17, 15) is 18.0 Å². The number of halogens is 3. The molecule has 0 saturated carbocycles. The van der Waals surface area contributed by atoms with E-state index in [1.54, 1.807) is 39.0 Å². The topological polar surface area (TPSA) is 60.4 Å². The van der Waals surface area contributed by atoms with Crippen LogP contribution in [0.2, 0.25) is 0 Å². The second kappa shape index (κ2) is 10.1. The zero-order chi connectivity index (χ0) is 24.2. The summed E-state index contributed by atoms with van der Waals surface area (Å²) in [7, 11) is 3.11. The summed E-state index contributed by atoms with van der Waals surface area (Å²) in [4.78, 5) is 20.0. The SMILES string of the molecule is COc1ccc(C2=NO[C@@H](CN(Cc3ccc(C(F)(F)F)cc3)C(=O)C(C)C)C2)cc1OC. The van der Waals surface area contributed by atoms with E-state index in [1.165, 1.54) is 12.1 Å². The van der Waals surface area contributed by atoms with Crippen LogP contribution >= 0.6 is 0 Å². The third-order valence-corrected chi connectivity index (χ3v) is 5.33. The molecule has 3 rings (SSSR count). The van der Waals surface area contributed by atoms with Crippen LogP contribution in [-0.4, -0.2) is 43.4 Å². The zero-order valence-electron chi connectivity index (χ0n) is 19.0. The fourth-order valence-corrected chi connectivity index (χ4v) is 3.58. The number of rotatable bonds is 8. The maximum atomic E-state index is 12.8. The Morgan fingerprint density at radius 3 is 2.36 bits per heavy atom. The highest BCUT2D eigenvalue weighted by Gasteiger charge is 2.31. The van der Waals surface area contributed by atoms with Crippen molar-refractivity contribution in [2.24, 2.45) is 11.1 Å². The molecule has 178 valence electrons. The molecule has 0 aliphatic carbocycles. The van der Waals surface area contributed by atoms with Gasteiger partial charge in [0.15, 0.2) is 17.6 Å². The Morgan fingerprint density at radius 1 is 1.12 bits per heavy atom. The average Bonchev–Trinajstić information content (AvgIpc) is 3.25. The van der Waals surface area contributed by atoms with Crippen LogP contribution in [0.1, 0.15) is 37.0 Å². The Bertz CT molecular complexity index is 1000. The molecule has 0 N–H and O–H groups in total. The molecule has 0 saturated heterocycles. The first kappa shape index (κ1) is 24.4. The molecule has 0 radical (unpaired) electrons. The zero-order valence-corrected chi connectivity index (χ0v) is 19.0. The molecule has 1 amide bonds. The van der Waals surface area contributed by atoms with Gasteiger partial charge in [0.05, 0.1) is 32.0 Å². The third kappa shape index (κ3) is 5.97. The molecule has 0 spiro atoms. The summed E-state index contributed by atoms with van der Waals surface area (Å²) in [5.41, 5.74) is 1.42. The third-order valence-electron chi connectivity index (χ3n) is 5.33. The lowest BCUT2D eigenvalue weighted by molar-refractivity contribution is -0.138. The fourth-order valence-electron chi connectivity index (χ4n) is 3.58. The molecular formula is C24H27F3N2O4. The Kier molecular flexibility index (Phi) is 7.50. The smallest absolute Gasteiger partial charge is 0.416 e. The van der Waals surface area contributed by atoms with E-state index < -0.39 is 11.7 Å². The number of methoxy groups -OCH3 is 2. The van der Waals surface area contributed by atoms with Crippen molar-refractivity contribution in [2.75, 3.05) is 20.8 Å². The molecule has 2 aromatic carbocycles. The molecule has 1 aliphatic rings. The molecule has 9 heteroatoms. The van der Waals surface area contributed by atoms with Crippen LogP contribution in [0.25, 0.3) is 0 Å². The highest BCUT2D eigenvalue weighted by molar-refractivity contribution is 6.01. The van der Waals surface area contributed by atoms with Crippen LogP contribution < -0.4 is 9.47 Å². The van der Waals surface area contributed by atoms with Crippen molar-refractivity contribution in [3.8, 4) is 11.5 Å². The molecule has 0 aromatic heterocycles. The number of amides is 1. The lowest BCUT2D eigenvalue weighted by Crippen LogP contribution is -2.39. The van der Waals surface area contributed by atoms with E-state index in [0.29, 0.717) is 29.2 Å². The van der Waals surface area contributed by atoms with Crippen molar-refractivity contribution < 1.29 is 32.3 Å². The average molecular weight is 464 g/mol. The van der Waals surface area contributed by atoms with Crippen LogP contribution in [-0.2, 0) is 22.4 Å². The van der Waals surface area contributed by atoms with Gasteiger partial charge >= 0.3 is 6.18 Å². The summed E-state index contributed by atoms with van der Waals surface area (Å²) < 4.78 is 49.1. The summed E-state index contributed by atoms with van der Waals surface area (Å²) in [5.74, 6) is 0.785. The van der Waals surface area contributed by atoms with E-state index in [2.05, 4.69) is 5.16 Å². The van der Waals surface area contributed by atoms with Crippen LogP contribution in [0.15, 0.2) is 47.6 Å². The van der Waals surface area contributed by atoms with Crippen molar-refractivity contribution in [1.29, 1.82) is 0 Å². The van der Waals surface area contributed by atoms with Gasteiger partial charge in [-0.3, -0.25) is 4.79 Å². The number of ether oxygens (including phenoxy) is 2. The van der Waals surface area contributed by atoms with Crippen molar-refractivity contribution in [1.82, 2.24) is 4.90 Å². The maximum absolute atomic E-state index is 12.8. The fraction of sp³-hybridized carbons (Fsp3) is 0.417. The quantitative estimate of drug-likeness (QED) is 0.558. The molecule has 1 aliphatic heterocycles. The first-order valence-electron chi connectivity index (χ1n) is 10.5. The Labute approximate surface area is 190 Å². The minimum atomic E-state index is -4.40. The first-order valence-corrected chi connectivity index (χ1v) is 10.5. The van der Waals surface area contributed by atoms with Crippen LogP contribution in [0, 0.1) is 5.92 Å². The van der Waals surface area contributed by atoms with Crippen LogP contribution in [0.3, 0.4) is 0 Å². The predicted molar refractivity (Wildman–Crippen MR) is 117 cm³/mol. The summed E-state index contributed by atoms with van der Waals surface area (Å²) in [6.45, 7) is 4.01. The number of hydrogen-bond donors (Lipinski definition) is 0. The van der Waals surface area contributed by atoms with E-state index in [1.807, 2.05) is 12.1 Å². The maximum Gasteiger partial charge on any atom is 0.416 e. The lowest BCUT2D eigenvalue weighted by atomic mass is 10.0. The molecule has 1 atom stereocenters. The standard InChI is InChI=1S/C24H27F3N2O4/c1-15(2)23(30)29(13-16-5-8-18(9-6-16)24(25,26)27)14-19-12-20(28-33-19)17-7-10-21(31-3)22(11-17)32-4/h5-11,15,19H,12-14H2,1-4H3/t19-/m1/s1. The molecule has 2 aromatic rings. The van der Waals surface area contributed by atoms with E-state index in [0.717, 1.165) is 17.7 Å². The molecule has 0 bridgehead atoms. The van der Waals surface area contributed by atoms with Gasteiger partial charge in [-0.15, -0.1) is 0 Å². The monoisotopic (exact) mass is 464 g/mol. The van der Waals surface area contributed by atoms with E-state index >= 15 is 0 Å². The van der Waals surface area contributed by atoms with E-state index in [4.69, 9.17) is 14.3 Å². The van der Waals surface area contributed by atoms with Crippen molar-refractivity contribution in [2.45, 2.75) is 39.1 Å². The van der Waals surface area contributed by atoms with Gasteiger partial charge in [-0.25, -0.2) is 0 Å². The van der Waals surface area contributed by atoms with Crippen LogP contribution in [0.5, 0.6) is 11.5 Å². The second-order valence-corrected chi connectivity index (χ2v) is 8.11. The number of oxime groups is 1. The molecule has 0 fully saturated rings. The highest BCUT2D eigenvalue weighted by atomic mass is 19.4. The van der Waals surface area contributed by atoms with Gasteiger partial charge in [0.25, 0.3) is 0 Å². The molecule has 33 heavy (non-hydrogen) atoms. The van der Waals surface area contributed by atoms with Crippen molar-refractivity contribution >= 4 is 11.6 Å². The largest absolute Gasteiger partial charge is 0.493 e. The summed E-state index contributed by atoms with van der Waals surface area (Å²) in [5, 5.41) is 4.18. The number of hydrogen-bond acceptors (Lipinski definition) is 5. The van der Waals surface area contributed by atoms with Crippen LogP contribution in [0.4, 0.5) is 13.2 Å². The molecule has 0 unspecified atom stereocenters. The van der Waals surface area contributed by atoms with Crippen molar-refractivity contribution in [3.05, 3.63) is 59.2 Å². The second-order valence-electron chi connectivity index (χ2n) is 8.11. The minimum absolute atomic E-state index is 0.113. The van der Waals surface area contributed by atoms with Gasteiger partial charge in [0.2, 0.25) is 5.91 Å². The summed E-state index contributed by atoms with van der Waals surface area (Å²) in [6.07, 6.45) is -4.29. The molecule has 1 heterocycles. The number of nitrogens with zero attached hydrogens (tertiary/aromatic N) is 2. The normalized spacial score (nSPS) is 15.8. The van der Waals surface area contributed by atoms with Gasteiger partial charge in [-0.1, -0.05) is 31.1 Å². The van der Waals surface area contributed by atoms with Gasteiger partial charge < -0.3 is 19.2 Å². The molecule has 6 nitrogen and oxygen atoms in total. The Balaban J connectivity index is 1.70. The number of benzene rings is 2. The van der Waals surface area contributed by atoms with Gasteiger partial charge in [-0.2, -0.15) is 13.2 Å². The summed E-state index contributed by atoms with van der Waals surface area (Å²) >= 11 is 0. The highest BCUT2D eigenvalue weighted by Crippen LogP contribution is 2.31. The number of alkyl halides is 3. The van der Waals surface area contributed by atoms with Gasteiger partial charge in [0.1, 0.15) is 0 Å². The number of carbonyl (C=O) groups is 1. The minimum Gasteiger partial charge on any atom is -0.493 e. The predicted octanol–water partition coefficient (Wildman–Crippen LogP) is 4.90. The Hall–Kier alpha value is -3.23. The molecular weight excluding hydrogens is 437 g/mol. The van der Waals surface area contributed by atoms with Gasteiger partial charge in [0, 0.05) is 24.4 Å². The van der Waals surface area contributed by atoms with Gasteiger partial charge in [-0.05, 0) is 35.9 Å². The van der Waals surface area contributed by atoms with E-state index in [-0.39, 0.29) is 31.0 Å². The van der Waals surface area contributed by atoms with Crippen molar-refractivity contribution in [3.63, 3.8) is 0 Å². The summed E-state index contributed by atoms with van der Waals surface area (Å²) in [6, 6.07) is 10.3. The lowest BCUT2D eigenvalue weighted by Gasteiger charge is -2.26.